The fourth-order valence-corrected chi connectivity index (χ4v) is 4.52. The average molecular weight is 507 g/mol. The van der Waals surface area contributed by atoms with Crippen LogP contribution >= 0.6 is 11.6 Å². The third-order valence-electron chi connectivity index (χ3n) is 5.54. The molecule has 0 aliphatic carbocycles. The van der Waals surface area contributed by atoms with Crippen LogP contribution in [0, 0.1) is 43.5 Å². The van der Waals surface area contributed by atoms with Gasteiger partial charge in [-0.1, -0.05) is 53.1 Å². The van der Waals surface area contributed by atoms with Crippen molar-refractivity contribution in [3.8, 4) is 23.3 Å². The molecule has 0 amide bonds. The number of halogens is 2. The number of hydrogen-bond donors (Lipinski definition) is 1. The third-order valence-corrected chi connectivity index (χ3v) is 5.76. The van der Waals surface area contributed by atoms with E-state index in [1.54, 1.807) is 41.5 Å². The zero-order valence-corrected chi connectivity index (χ0v) is 20.7. The van der Waals surface area contributed by atoms with Crippen molar-refractivity contribution < 1.29 is 33.5 Å². The molecule has 0 unspecified atom stereocenters. The number of esters is 1. The molecule has 0 spiro atoms. The van der Waals surface area contributed by atoms with Crippen molar-refractivity contribution in [2.24, 2.45) is 16.2 Å². The van der Waals surface area contributed by atoms with E-state index >= 15 is 4.39 Å². The van der Waals surface area contributed by atoms with Crippen LogP contribution in [0.4, 0.5) is 10.1 Å². The molecule has 11 heteroatoms. The summed E-state index contributed by atoms with van der Waals surface area (Å²) >= 11 is 5.92. The number of nitrogens with zero attached hydrogens (tertiary/aromatic N) is 2. The Morgan fingerprint density at radius 3 is 2.14 bits per heavy atom. The normalized spacial score (nSPS) is 12.0. The van der Waals surface area contributed by atoms with Gasteiger partial charge in [0, 0.05) is 11.1 Å². The highest BCUT2D eigenvalue weighted by Gasteiger charge is 2.63. The Bertz CT molecular complexity index is 1230. The van der Waals surface area contributed by atoms with E-state index in [2.05, 4.69) is 0 Å². The largest absolute Gasteiger partial charge is 0.480 e. The SMILES string of the molecule is CC(C)(C)C(C(=O)O)(C(=O)Oc1ccc([N+](=O)[O-])c(Oc2cc(Cl)cc(C#N)c2)c1F)C(C)(C)C. The minimum absolute atomic E-state index is 0.0553. The van der Waals surface area contributed by atoms with Gasteiger partial charge in [-0.25, -0.2) is 0 Å². The summed E-state index contributed by atoms with van der Waals surface area (Å²) in [6, 6.07) is 7.22. The lowest BCUT2D eigenvalue weighted by molar-refractivity contribution is -0.385. The lowest BCUT2D eigenvalue weighted by Crippen LogP contribution is -2.59. The van der Waals surface area contributed by atoms with Crippen molar-refractivity contribution in [1.82, 2.24) is 0 Å². The van der Waals surface area contributed by atoms with E-state index in [-0.39, 0.29) is 16.3 Å². The van der Waals surface area contributed by atoms with Crippen molar-refractivity contribution in [2.45, 2.75) is 41.5 Å². The molecule has 0 bridgehead atoms. The monoisotopic (exact) mass is 506 g/mol. The molecule has 0 saturated carbocycles. The number of nitro benzene ring substituents is 1. The van der Waals surface area contributed by atoms with Crippen molar-refractivity contribution in [1.29, 1.82) is 5.26 Å². The van der Waals surface area contributed by atoms with E-state index in [4.69, 9.17) is 26.3 Å². The van der Waals surface area contributed by atoms with Crippen molar-refractivity contribution in [3.63, 3.8) is 0 Å². The fourth-order valence-electron chi connectivity index (χ4n) is 4.29. The Morgan fingerprint density at radius 1 is 1.11 bits per heavy atom. The van der Waals surface area contributed by atoms with Crippen molar-refractivity contribution in [3.05, 3.63) is 56.8 Å². The predicted molar refractivity (Wildman–Crippen MR) is 124 cm³/mol. The smallest absolute Gasteiger partial charge is 0.330 e. The number of nitro groups is 1. The maximum atomic E-state index is 15.5. The van der Waals surface area contributed by atoms with E-state index in [9.17, 15) is 24.8 Å². The van der Waals surface area contributed by atoms with Gasteiger partial charge in [0.1, 0.15) is 5.75 Å². The second kappa shape index (κ2) is 9.50. The minimum Gasteiger partial charge on any atom is -0.480 e. The third kappa shape index (κ3) is 5.05. The van der Waals surface area contributed by atoms with Crippen LogP contribution in [0.25, 0.3) is 0 Å². The maximum Gasteiger partial charge on any atom is 0.330 e. The Kier molecular flexibility index (Phi) is 7.48. The molecule has 1 N–H and O–H groups in total. The summed E-state index contributed by atoms with van der Waals surface area (Å²) in [4.78, 5) is 36.4. The average Bonchev–Trinajstić information content (AvgIpc) is 2.68. The second-order valence-electron chi connectivity index (χ2n) is 9.82. The molecule has 0 aromatic heterocycles. The number of hydrogen-bond acceptors (Lipinski definition) is 7. The van der Waals surface area contributed by atoms with Crippen LogP contribution in [0.15, 0.2) is 30.3 Å². The van der Waals surface area contributed by atoms with Gasteiger partial charge in [0.15, 0.2) is 11.2 Å². The summed E-state index contributed by atoms with van der Waals surface area (Å²) in [6.45, 7) is 9.25. The zero-order chi connectivity index (χ0) is 26.9. The molecule has 0 fully saturated rings. The summed E-state index contributed by atoms with van der Waals surface area (Å²) in [6.07, 6.45) is 0. The number of rotatable bonds is 6. The first kappa shape index (κ1) is 27.5. The number of ether oxygens (including phenoxy) is 2. The molecular weight excluding hydrogens is 483 g/mol. The minimum atomic E-state index is -2.12. The highest BCUT2D eigenvalue weighted by atomic mass is 35.5. The molecule has 2 rings (SSSR count). The van der Waals surface area contributed by atoms with Gasteiger partial charge in [0.05, 0.1) is 16.6 Å². The molecular formula is C24H24ClFN2O7. The summed E-state index contributed by atoms with van der Waals surface area (Å²) < 4.78 is 26.0. The number of carbonyl (C=O) groups excluding carboxylic acids is 1. The van der Waals surface area contributed by atoms with Crippen LogP contribution < -0.4 is 9.47 Å². The maximum absolute atomic E-state index is 15.5. The molecule has 2 aromatic rings. The van der Waals surface area contributed by atoms with Crippen molar-refractivity contribution in [2.75, 3.05) is 0 Å². The molecule has 186 valence electrons. The first-order chi connectivity index (χ1) is 16.0. The van der Waals surface area contributed by atoms with Crippen LogP contribution in [0.5, 0.6) is 17.2 Å². The van der Waals surface area contributed by atoms with E-state index in [1.807, 2.05) is 6.07 Å². The predicted octanol–water partition coefficient (Wildman–Crippen LogP) is 6.12. The second-order valence-corrected chi connectivity index (χ2v) is 10.3. The number of carboxylic acid groups (broad SMARTS) is 1. The van der Waals surface area contributed by atoms with Crippen LogP contribution in [0.2, 0.25) is 5.02 Å². The molecule has 0 atom stereocenters. The molecule has 0 radical (unpaired) electrons. The molecule has 2 aromatic carbocycles. The van der Waals surface area contributed by atoms with E-state index in [0.29, 0.717) is 0 Å². The van der Waals surface area contributed by atoms with Gasteiger partial charge in [-0.15, -0.1) is 0 Å². The fraction of sp³-hybridized carbons (Fsp3) is 0.375. The van der Waals surface area contributed by atoms with Gasteiger partial charge >= 0.3 is 17.6 Å². The van der Waals surface area contributed by atoms with Crippen LogP contribution in [-0.4, -0.2) is 22.0 Å². The molecule has 0 saturated heterocycles. The van der Waals surface area contributed by atoms with Crippen LogP contribution in [0.1, 0.15) is 47.1 Å². The van der Waals surface area contributed by atoms with E-state index in [1.165, 1.54) is 18.2 Å². The van der Waals surface area contributed by atoms with Gasteiger partial charge in [-0.2, -0.15) is 9.65 Å². The number of carboxylic acids is 1. The Balaban J connectivity index is 2.66. The summed E-state index contributed by atoms with van der Waals surface area (Å²) in [5, 5.41) is 30.8. The van der Waals surface area contributed by atoms with Gasteiger partial charge < -0.3 is 14.6 Å². The van der Waals surface area contributed by atoms with Gasteiger partial charge in [-0.05, 0) is 35.1 Å². The molecule has 0 heterocycles. The van der Waals surface area contributed by atoms with Crippen molar-refractivity contribution >= 4 is 29.2 Å². The Hall–Kier alpha value is -3.71. The van der Waals surface area contributed by atoms with Gasteiger partial charge in [0.2, 0.25) is 11.6 Å². The molecule has 0 aliphatic heterocycles. The highest BCUT2D eigenvalue weighted by molar-refractivity contribution is 6.30. The highest BCUT2D eigenvalue weighted by Crippen LogP contribution is 2.53. The molecule has 35 heavy (non-hydrogen) atoms. The first-order valence-corrected chi connectivity index (χ1v) is 10.7. The molecule has 9 nitrogen and oxygen atoms in total. The number of carbonyl (C=O) groups is 2. The van der Waals surface area contributed by atoms with Gasteiger partial charge in [-0.3, -0.25) is 19.7 Å². The summed E-state index contributed by atoms with van der Waals surface area (Å²) in [5.74, 6) is -5.98. The lowest BCUT2D eigenvalue weighted by atomic mass is 9.54. The topological polar surface area (TPSA) is 140 Å². The Morgan fingerprint density at radius 2 is 1.69 bits per heavy atom. The number of nitriles is 1. The molecule has 0 aliphatic rings. The van der Waals surface area contributed by atoms with Crippen LogP contribution in [-0.2, 0) is 9.59 Å². The number of benzene rings is 2. The summed E-state index contributed by atoms with van der Waals surface area (Å²) in [7, 11) is 0. The van der Waals surface area contributed by atoms with Crippen LogP contribution in [0.3, 0.4) is 0 Å². The number of aliphatic carboxylic acids is 1. The summed E-state index contributed by atoms with van der Waals surface area (Å²) in [5.41, 5.74) is -5.20. The van der Waals surface area contributed by atoms with E-state index < -0.39 is 56.1 Å². The first-order valence-electron chi connectivity index (χ1n) is 10.3. The zero-order valence-electron chi connectivity index (χ0n) is 19.9. The lowest BCUT2D eigenvalue weighted by Gasteiger charge is -2.47. The standard InChI is InChI=1S/C24H24ClFN2O7/c1-22(2,3)24(20(29)30,23(4,5)6)21(31)35-17-8-7-16(28(32)33)19(18(17)26)34-15-10-13(12-27)9-14(25)11-15/h7-11H,1-6H3,(H,29,30). The quantitative estimate of drug-likeness (QED) is 0.162. The Labute approximate surface area is 206 Å². The van der Waals surface area contributed by atoms with Gasteiger partial charge in [0.25, 0.3) is 0 Å². The van der Waals surface area contributed by atoms with E-state index in [0.717, 1.165) is 12.1 Å².